The van der Waals surface area contributed by atoms with E-state index in [2.05, 4.69) is 21.2 Å². The molecule has 0 aliphatic heterocycles. The number of carbonyl (C=O) groups excluding carboxylic acids is 1. The van der Waals surface area contributed by atoms with Gasteiger partial charge in [-0.1, -0.05) is 19.1 Å². The Balaban J connectivity index is 2.69. The number of benzene rings is 1. The molecule has 0 amide bonds. The second-order valence-corrected chi connectivity index (χ2v) is 4.46. The van der Waals surface area contributed by atoms with Crippen LogP contribution in [-0.2, 0) is 16.1 Å². The predicted molar refractivity (Wildman–Crippen MR) is 73.7 cm³/mol. The smallest absolute Gasteiger partial charge is 0.344 e. The average molecular weight is 316 g/mol. The Kier molecular flexibility index (Phi) is 6.75. The van der Waals surface area contributed by atoms with Crippen LogP contribution in [0, 0.1) is 0 Å². The van der Waals surface area contributed by atoms with Crippen molar-refractivity contribution in [3.8, 4) is 5.75 Å². The Hall–Kier alpha value is -1.07. The maximum absolute atomic E-state index is 11.3. The van der Waals surface area contributed by atoms with E-state index >= 15 is 0 Å². The van der Waals surface area contributed by atoms with Gasteiger partial charge in [-0.05, 0) is 35.5 Å². The van der Waals surface area contributed by atoms with E-state index in [0.29, 0.717) is 18.9 Å². The van der Waals surface area contributed by atoms with Crippen LogP contribution in [0.5, 0.6) is 5.75 Å². The number of nitrogens with one attached hydrogen (secondary N) is 1. The molecule has 4 nitrogen and oxygen atoms in total. The molecule has 0 unspecified atom stereocenters. The van der Waals surface area contributed by atoms with Crippen molar-refractivity contribution in [2.24, 2.45) is 0 Å². The van der Waals surface area contributed by atoms with Crippen LogP contribution < -0.4 is 10.1 Å². The first-order chi connectivity index (χ1) is 8.69. The number of rotatable bonds is 7. The van der Waals surface area contributed by atoms with Gasteiger partial charge in [0.2, 0.25) is 0 Å². The Morgan fingerprint density at radius 3 is 2.83 bits per heavy atom. The molecule has 1 rings (SSSR count). The topological polar surface area (TPSA) is 47.6 Å². The highest BCUT2D eigenvalue weighted by atomic mass is 79.9. The largest absolute Gasteiger partial charge is 0.480 e. The lowest BCUT2D eigenvalue weighted by atomic mass is 10.2. The second kappa shape index (κ2) is 8.11. The minimum absolute atomic E-state index is 0.0738. The molecule has 0 radical (unpaired) electrons. The molecule has 0 fully saturated rings. The molecule has 0 heterocycles. The SMILES string of the molecule is CCNCc1cccc(Br)c1OCC(=O)OCC. The van der Waals surface area contributed by atoms with Gasteiger partial charge in [-0.25, -0.2) is 4.79 Å². The summed E-state index contributed by atoms with van der Waals surface area (Å²) in [5.41, 5.74) is 1.01. The van der Waals surface area contributed by atoms with E-state index in [-0.39, 0.29) is 12.6 Å². The standard InChI is InChI=1S/C13H18BrNO3/c1-3-15-8-10-6-5-7-11(14)13(10)18-9-12(16)17-4-2/h5-7,15H,3-4,8-9H2,1-2H3. The zero-order valence-electron chi connectivity index (χ0n) is 10.7. The van der Waals surface area contributed by atoms with Gasteiger partial charge in [0.25, 0.3) is 0 Å². The maximum atomic E-state index is 11.3. The molecule has 0 bridgehead atoms. The van der Waals surface area contributed by atoms with Crippen molar-refractivity contribution in [1.82, 2.24) is 5.32 Å². The summed E-state index contributed by atoms with van der Waals surface area (Å²) in [5.74, 6) is 0.328. The molecular weight excluding hydrogens is 298 g/mol. The van der Waals surface area contributed by atoms with E-state index in [1.807, 2.05) is 25.1 Å². The number of para-hydroxylation sites is 1. The summed E-state index contributed by atoms with van der Waals surface area (Å²) < 4.78 is 11.2. The van der Waals surface area contributed by atoms with Crippen LogP contribution in [0.15, 0.2) is 22.7 Å². The number of halogens is 1. The first-order valence-electron chi connectivity index (χ1n) is 5.95. The van der Waals surface area contributed by atoms with Crippen molar-refractivity contribution < 1.29 is 14.3 Å². The summed E-state index contributed by atoms with van der Waals surface area (Å²) in [6.07, 6.45) is 0. The van der Waals surface area contributed by atoms with Gasteiger partial charge in [0.1, 0.15) is 5.75 Å². The predicted octanol–water partition coefficient (Wildman–Crippen LogP) is 2.50. The molecule has 0 aromatic heterocycles. The zero-order chi connectivity index (χ0) is 13.4. The minimum Gasteiger partial charge on any atom is -0.480 e. The molecule has 0 atom stereocenters. The minimum atomic E-state index is -0.359. The first kappa shape index (κ1) is 15.0. The van der Waals surface area contributed by atoms with Crippen LogP contribution >= 0.6 is 15.9 Å². The van der Waals surface area contributed by atoms with Crippen molar-refractivity contribution in [1.29, 1.82) is 0 Å². The molecular formula is C13H18BrNO3. The molecule has 0 aliphatic carbocycles. The molecule has 100 valence electrons. The summed E-state index contributed by atoms with van der Waals surface area (Å²) in [6, 6.07) is 5.79. The Labute approximate surface area is 116 Å². The number of esters is 1. The normalized spacial score (nSPS) is 10.2. The van der Waals surface area contributed by atoms with Crippen molar-refractivity contribution in [3.05, 3.63) is 28.2 Å². The lowest BCUT2D eigenvalue weighted by Crippen LogP contribution is -2.17. The summed E-state index contributed by atoms with van der Waals surface area (Å²) in [4.78, 5) is 11.3. The summed E-state index contributed by atoms with van der Waals surface area (Å²) >= 11 is 3.42. The molecule has 5 heteroatoms. The van der Waals surface area contributed by atoms with E-state index in [1.165, 1.54) is 0 Å². The van der Waals surface area contributed by atoms with Gasteiger partial charge < -0.3 is 14.8 Å². The molecule has 18 heavy (non-hydrogen) atoms. The molecule has 1 aromatic rings. The fourth-order valence-electron chi connectivity index (χ4n) is 1.45. The van der Waals surface area contributed by atoms with Crippen molar-refractivity contribution in [2.45, 2.75) is 20.4 Å². The Bertz CT molecular complexity index is 396. The fraction of sp³-hybridized carbons (Fsp3) is 0.462. The third-order valence-corrected chi connectivity index (χ3v) is 2.88. The van der Waals surface area contributed by atoms with Crippen LogP contribution in [0.3, 0.4) is 0 Å². The zero-order valence-corrected chi connectivity index (χ0v) is 12.2. The van der Waals surface area contributed by atoms with E-state index in [4.69, 9.17) is 9.47 Å². The summed E-state index contributed by atoms with van der Waals surface area (Å²) in [6.45, 7) is 5.68. The van der Waals surface area contributed by atoms with E-state index < -0.39 is 0 Å². The highest BCUT2D eigenvalue weighted by molar-refractivity contribution is 9.10. The van der Waals surface area contributed by atoms with Gasteiger partial charge in [-0.3, -0.25) is 0 Å². The number of hydrogen-bond acceptors (Lipinski definition) is 4. The fourth-order valence-corrected chi connectivity index (χ4v) is 1.97. The van der Waals surface area contributed by atoms with E-state index in [0.717, 1.165) is 16.6 Å². The van der Waals surface area contributed by atoms with Gasteiger partial charge in [-0.2, -0.15) is 0 Å². The second-order valence-electron chi connectivity index (χ2n) is 3.60. The van der Waals surface area contributed by atoms with Gasteiger partial charge in [0, 0.05) is 12.1 Å². The van der Waals surface area contributed by atoms with Gasteiger partial charge in [0.05, 0.1) is 11.1 Å². The van der Waals surface area contributed by atoms with Crippen molar-refractivity contribution in [2.75, 3.05) is 19.8 Å². The third kappa shape index (κ3) is 4.66. The van der Waals surface area contributed by atoms with Crippen LogP contribution in [0.2, 0.25) is 0 Å². The van der Waals surface area contributed by atoms with Crippen LogP contribution in [0.4, 0.5) is 0 Å². The first-order valence-corrected chi connectivity index (χ1v) is 6.74. The highest BCUT2D eigenvalue weighted by Crippen LogP contribution is 2.29. The van der Waals surface area contributed by atoms with Gasteiger partial charge in [-0.15, -0.1) is 0 Å². The Morgan fingerprint density at radius 2 is 2.17 bits per heavy atom. The van der Waals surface area contributed by atoms with Crippen LogP contribution in [0.25, 0.3) is 0 Å². The number of carbonyl (C=O) groups is 1. The Morgan fingerprint density at radius 1 is 1.39 bits per heavy atom. The van der Waals surface area contributed by atoms with Crippen LogP contribution in [0.1, 0.15) is 19.4 Å². The summed E-state index contributed by atoms with van der Waals surface area (Å²) in [7, 11) is 0. The molecule has 1 N–H and O–H groups in total. The number of hydrogen-bond donors (Lipinski definition) is 1. The average Bonchev–Trinajstić information content (AvgIpc) is 2.35. The lowest BCUT2D eigenvalue weighted by Gasteiger charge is -2.13. The van der Waals surface area contributed by atoms with Gasteiger partial charge >= 0.3 is 5.97 Å². The van der Waals surface area contributed by atoms with Gasteiger partial charge in [0.15, 0.2) is 6.61 Å². The number of ether oxygens (including phenoxy) is 2. The molecule has 0 saturated heterocycles. The highest BCUT2D eigenvalue weighted by Gasteiger charge is 2.10. The van der Waals surface area contributed by atoms with Crippen LogP contribution in [-0.4, -0.2) is 25.7 Å². The molecule has 1 aromatic carbocycles. The van der Waals surface area contributed by atoms with E-state index in [9.17, 15) is 4.79 Å². The summed E-state index contributed by atoms with van der Waals surface area (Å²) in [5, 5.41) is 3.23. The third-order valence-electron chi connectivity index (χ3n) is 2.25. The van der Waals surface area contributed by atoms with Crippen molar-refractivity contribution >= 4 is 21.9 Å². The molecule has 0 aliphatic rings. The van der Waals surface area contributed by atoms with E-state index in [1.54, 1.807) is 6.92 Å². The quantitative estimate of drug-likeness (QED) is 0.785. The molecule has 0 saturated carbocycles. The molecule has 0 spiro atoms. The maximum Gasteiger partial charge on any atom is 0.344 e. The lowest BCUT2D eigenvalue weighted by molar-refractivity contribution is -0.145. The van der Waals surface area contributed by atoms with Crippen molar-refractivity contribution in [3.63, 3.8) is 0 Å². The monoisotopic (exact) mass is 315 g/mol.